The van der Waals surface area contributed by atoms with Gasteiger partial charge in [0.05, 0.1) is 7.11 Å². The molecule has 0 bridgehead atoms. The quantitative estimate of drug-likeness (QED) is 0.768. The minimum absolute atomic E-state index is 0.111. The molecule has 3 nitrogen and oxygen atoms in total. The van der Waals surface area contributed by atoms with Gasteiger partial charge in [0.2, 0.25) is 0 Å². The first-order valence-electron chi connectivity index (χ1n) is 7.39. The van der Waals surface area contributed by atoms with Crippen molar-refractivity contribution in [1.29, 1.82) is 0 Å². The number of Topliss-reactive ketones (excluding diaryl/α,β-unsaturated/α-hetero) is 1. The number of rotatable bonds is 5. The number of carbonyl (C=O) groups is 1. The Hall–Kier alpha value is -1.35. The number of carbonyl (C=O) groups excluding carboxylic acids is 1. The van der Waals surface area contributed by atoms with E-state index < -0.39 is 0 Å². The van der Waals surface area contributed by atoms with Crippen LogP contribution in [0.5, 0.6) is 5.75 Å². The zero-order chi connectivity index (χ0) is 14.5. The van der Waals surface area contributed by atoms with Gasteiger partial charge >= 0.3 is 0 Å². The van der Waals surface area contributed by atoms with Crippen LogP contribution in [0, 0.1) is 12.8 Å². The number of ketones is 1. The Morgan fingerprint density at radius 2 is 1.90 bits per heavy atom. The summed E-state index contributed by atoms with van der Waals surface area (Å²) in [4.78, 5) is 12.7. The largest absolute Gasteiger partial charge is 0.497 e. The van der Waals surface area contributed by atoms with Crippen LogP contribution >= 0.6 is 0 Å². The zero-order valence-electron chi connectivity index (χ0n) is 12.6. The van der Waals surface area contributed by atoms with Gasteiger partial charge in [-0.1, -0.05) is 19.3 Å². The summed E-state index contributed by atoms with van der Waals surface area (Å²) in [7, 11) is 3.28. The molecule has 1 aliphatic carbocycles. The maximum Gasteiger partial charge on any atom is 0.192 e. The molecular weight excluding hydrogens is 252 g/mol. The van der Waals surface area contributed by atoms with E-state index in [1.807, 2.05) is 25.1 Å². The van der Waals surface area contributed by atoms with Crippen LogP contribution < -0.4 is 4.74 Å². The van der Waals surface area contributed by atoms with E-state index in [2.05, 4.69) is 0 Å². The SMILES string of the molecule is COc1ccc(C(=O)C(OC)C2CCCCC2)c(C)c1. The Morgan fingerprint density at radius 3 is 2.45 bits per heavy atom. The lowest BCUT2D eigenvalue weighted by molar-refractivity contribution is 0.0313. The summed E-state index contributed by atoms with van der Waals surface area (Å²) in [6.45, 7) is 1.95. The van der Waals surface area contributed by atoms with E-state index in [9.17, 15) is 4.79 Å². The van der Waals surface area contributed by atoms with Gasteiger partial charge in [0.1, 0.15) is 11.9 Å². The molecular formula is C17H24O3. The molecule has 20 heavy (non-hydrogen) atoms. The summed E-state index contributed by atoms with van der Waals surface area (Å²) in [5.74, 6) is 1.26. The highest BCUT2D eigenvalue weighted by Crippen LogP contribution is 2.30. The average molecular weight is 276 g/mol. The lowest BCUT2D eigenvalue weighted by Crippen LogP contribution is -2.33. The molecule has 1 aromatic carbocycles. The van der Waals surface area contributed by atoms with E-state index in [0.717, 1.165) is 29.7 Å². The van der Waals surface area contributed by atoms with Gasteiger partial charge in [-0.2, -0.15) is 0 Å². The minimum Gasteiger partial charge on any atom is -0.497 e. The summed E-state index contributed by atoms with van der Waals surface area (Å²) in [5, 5.41) is 0. The van der Waals surface area contributed by atoms with Gasteiger partial charge in [0.15, 0.2) is 5.78 Å². The van der Waals surface area contributed by atoms with E-state index in [1.54, 1.807) is 14.2 Å². The molecule has 1 fully saturated rings. The Bertz CT molecular complexity index is 461. The second-order valence-electron chi connectivity index (χ2n) is 5.60. The van der Waals surface area contributed by atoms with Gasteiger partial charge in [-0.05, 0) is 49.4 Å². The summed E-state index contributed by atoms with van der Waals surface area (Å²) in [6.07, 6.45) is 5.59. The molecule has 0 amide bonds. The van der Waals surface area contributed by atoms with Crippen LogP contribution in [0.3, 0.4) is 0 Å². The summed E-state index contributed by atoms with van der Waals surface area (Å²) in [6, 6.07) is 5.60. The third kappa shape index (κ3) is 3.21. The maximum atomic E-state index is 12.7. The van der Waals surface area contributed by atoms with Crippen molar-refractivity contribution in [2.75, 3.05) is 14.2 Å². The Kier molecular flexibility index (Phi) is 5.18. The Morgan fingerprint density at radius 1 is 1.20 bits per heavy atom. The third-order valence-electron chi connectivity index (χ3n) is 4.29. The van der Waals surface area contributed by atoms with Crippen molar-refractivity contribution in [2.24, 2.45) is 5.92 Å². The van der Waals surface area contributed by atoms with E-state index >= 15 is 0 Å². The Balaban J connectivity index is 2.19. The number of benzene rings is 1. The third-order valence-corrected chi connectivity index (χ3v) is 4.29. The fourth-order valence-corrected chi connectivity index (χ4v) is 3.14. The van der Waals surface area contributed by atoms with Crippen molar-refractivity contribution in [2.45, 2.75) is 45.1 Å². The predicted molar refractivity (Wildman–Crippen MR) is 79.4 cm³/mol. The number of hydrogen-bond donors (Lipinski definition) is 0. The summed E-state index contributed by atoms with van der Waals surface area (Å²) >= 11 is 0. The van der Waals surface area contributed by atoms with Crippen molar-refractivity contribution >= 4 is 5.78 Å². The second kappa shape index (κ2) is 6.89. The molecule has 0 radical (unpaired) electrons. The van der Waals surface area contributed by atoms with Gasteiger partial charge in [-0.15, -0.1) is 0 Å². The average Bonchev–Trinajstić information content (AvgIpc) is 2.48. The fraction of sp³-hybridized carbons (Fsp3) is 0.588. The molecule has 1 saturated carbocycles. The second-order valence-corrected chi connectivity index (χ2v) is 5.60. The number of ether oxygens (including phenoxy) is 2. The molecule has 1 aromatic rings. The van der Waals surface area contributed by atoms with Crippen molar-refractivity contribution in [3.8, 4) is 5.75 Å². The van der Waals surface area contributed by atoms with Gasteiger partial charge in [-0.3, -0.25) is 4.79 Å². The first-order valence-corrected chi connectivity index (χ1v) is 7.39. The van der Waals surface area contributed by atoms with Crippen molar-refractivity contribution in [3.63, 3.8) is 0 Å². The fourth-order valence-electron chi connectivity index (χ4n) is 3.14. The van der Waals surface area contributed by atoms with Crippen LogP contribution in [-0.2, 0) is 4.74 Å². The minimum atomic E-state index is -0.303. The van der Waals surface area contributed by atoms with Crippen LogP contribution in [0.4, 0.5) is 0 Å². The molecule has 110 valence electrons. The summed E-state index contributed by atoms with van der Waals surface area (Å²) < 4.78 is 10.7. The normalized spacial score (nSPS) is 17.8. The smallest absolute Gasteiger partial charge is 0.192 e. The monoisotopic (exact) mass is 276 g/mol. The summed E-state index contributed by atoms with van der Waals surface area (Å²) in [5.41, 5.74) is 1.70. The highest BCUT2D eigenvalue weighted by Gasteiger charge is 2.30. The standard InChI is InChI=1S/C17H24O3/c1-12-11-14(19-2)9-10-15(12)16(18)17(20-3)13-7-5-4-6-8-13/h9-11,13,17H,4-8H2,1-3H3. The molecule has 2 rings (SSSR count). The topological polar surface area (TPSA) is 35.5 Å². The van der Waals surface area contributed by atoms with Gasteiger partial charge < -0.3 is 9.47 Å². The van der Waals surface area contributed by atoms with Gasteiger partial charge in [0, 0.05) is 12.7 Å². The van der Waals surface area contributed by atoms with E-state index in [4.69, 9.17) is 9.47 Å². The molecule has 0 spiro atoms. The molecule has 0 N–H and O–H groups in total. The first-order chi connectivity index (χ1) is 9.67. The number of aryl methyl sites for hydroxylation is 1. The zero-order valence-corrected chi connectivity index (χ0v) is 12.6. The van der Waals surface area contributed by atoms with Crippen LogP contribution in [0.1, 0.15) is 48.0 Å². The maximum absolute atomic E-state index is 12.7. The molecule has 0 heterocycles. The van der Waals surface area contributed by atoms with Crippen LogP contribution in [0.25, 0.3) is 0 Å². The van der Waals surface area contributed by atoms with Crippen molar-refractivity contribution in [3.05, 3.63) is 29.3 Å². The number of methoxy groups -OCH3 is 2. The lowest BCUT2D eigenvalue weighted by Gasteiger charge is -2.28. The molecule has 3 heteroatoms. The lowest BCUT2D eigenvalue weighted by atomic mass is 9.82. The van der Waals surface area contributed by atoms with Crippen LogP contribution in [-0.4, -0.2) is 26.1 Å². The highest BCUT2D eigenvalue weighted by molar-refractivity contribution is 6.01. The van der Waals surface area contributed by atoms with Crippen LogP contribution in [0.2, 0.25) is 0 Å². The van der Waals surface area contributed by atoms with E-state index in [1.165, 1.54) is 19.3 Å². The first kappa shape index (κ1) is 15.0. The van der Waals surface area contributed by atoms with E-state index in [0.29, 0.717) is 5.92 Å². The predicted octanol–water partition coefficient (Wildman–Crippen LogP) is 3.78. The molecule has 0 aromatic heterocycles. The highest BCUT2D eigenvalue weighted by atomic mass is 16.5. The molecule has 1 atom stereocenters. The Labute approximate surface area is 121 Å². The number of hydrogen-bond acceptors (Lipinski definition) is 3. The van der Waals surface area contributed by atoms with Crippen LogP contribution in [0.15, 0.2) is 18.2 Å². The molecule has 0 aliphatic heterocycles. The molecule has 0 saturated heterocycles. The van der Waals surface area contributed by atoms with Gasteiger partial charge in [0.25, 0.3) is 0 Å². The molecule has 1 unspecified atom stereocenters. The molecule has 1 aliphatic rings. The van der Waals surface area contributed by atoms with Gasteiger partial charge in [-0.25, -0.2) is 0 Å². The van der Waals surface area contributed by atoms with Crippen molar-refractivity contribution in [1.82, 2.24) is 0 Å². The van der Waals surface area contributed by atoms with Crippen molar-refractivity contribution < 1.29 is 14.3 Å². The van der Waals surface area contributed by atoms with E-state index in [-0.39, 0.29) is 11.9 Å².